The zero-order valence-corrected chi connectivity index (χ0v) is 16.3. The van der Waals surface area contributed by atoms with Crippen molar-refractivity contribution in [3.05, 3.63) is 59.7 Å². The minimum absolute atomic E-state index is 0.111. The molecule has 1 aliphatic rings. The van der Waals surface area contributed by atoms with Crippen molar-refractivity contribution in [2.75, 3.05) is 43.5 Å². The Labute approximate surface area is 168 Å². The third kappa shape index (κ3) is 5.08. The predicted octanol–water partition coefficient (Wildman–Crippen LogP) is 2.90. The van der Waals surface area contributed by atoms with Gasteiger partial charge < -0.3 is 15.0 Å². The van der Waals surface area contributed by atoms with Crippen LogP contribution in [-0.2, 0) is 9.53 Å². The number of hydrogen-bond acceptors (Lipinski definition) is 5. The van der Waals surface area contributed by atoms with E-state index in [1.807, 2.05) is 24.0 Å². The minimum Gasteiger partial charge on any atom is -0.465 e. The molecule has 29 heavy (non-hydrogen) atoms. The van der Waals surface area contributed by atoms with Crippen molar-refractivity contribution in [3.63, 3.8) is 0 Å². The maximum Gasteiger partial charge on any atom is 0.337 e. The van der Waals surface area contributed by atoms with Gasteiger partial charge in [-0.15, -0.1) is 0 Å². The van der Waals surface area contributed by atoms with Crippen LogP contribution in [0, 0.1) is 11.6 Å². The van der Waals surface area contributed by atoms with E-state index in [2.05, 4.69) is 10.2 Å². The van der Waals surface area contributed by atoms with Gasteiger partial charge in [0.05, 0.1) is 19.2 Å². The van der Waals surface area contributed by atoms with Crippen molar-refractivity contribution in [1.82, 2.24) is 4.90 Å². The summed E-state index contributed by atoms with van der Waals surface area (Å²) in [4.78, 5) is 28.0. The number of esters is 1. The average Bonchev–Trinajstić information content (AvgIpc) is 2.72. The number of anilines is 2. The van der Waals surface area contributed by atoms with Crippen molar-refractivity contribution in [2.45, 2.75) is 13.0 Å². The Balaban J connectivity index is 1.55. The molecule has 8 heteroatoms. The van der Waals surface area contributed by atoms with Gasteiger partial charge in [0, 0.05) is 43.1 Å². The quantitative estimate of drug-likeness (QED) is 0.778. The van der Waals surface area contributed by atoms with Crippen LogP contribution < -0.4 is 10.2 Å². The first kappa shape index (κ1) is 20.7. The molecule has 1 unspecified atom stereocenters. The van der Waals surface area contributed by atoms with E-state index in [4.69, 9.17) is 4.74 Å². The molecule has 1 atom stereocenters. The van der Waals surface area contributed by atoms with Gasteiger partial charge in [0.15, 0.2) is 11.6 Å². The van der Waals surface area contributed by atoms with Gasteiger partial charge >= 0.3 is 5.97 Å². The zero-order valence-electron chi connectivity index (χ0n) is 16.3. The fourth-order valence-electron chi connectivity index (χ4n) is 3.35. The van der Waals surface area contributed by atoms with Crippen LogP contribution in [0.5, 0.6) is 0 Å². The van der Waals surface area contributed by atoms with Crippen molar-refractivity contribution >= 4 is 23.3 Å². The molecule has 1 fully saturated rings. The Hall–Kier alpha value is -3.00. The smallest absolute Gasteiger partial charge is 0.337 e. The number of ether oxygens (including phenoxy) is 1. The van der Waals surface area contributed by atoms with Gasteiger partial charge in [0.1, 0.15) is 0 Å². The highest BCUT2D eigenvalue weighted by Gasteiger charge is 2.25. The number of benzene rings is 2. The van der Waals surface area contributed by atoms with Crippen molar-refractivity contribution in [1.29, 1.82) is 0 Å². The summed E-state index contributed by atoms with van der Waals surface area (Å²) in [6.45, 7) is 4.30. The Kier molecular flexibility index (Phi) is 6.43. The van der Waals surface area contributed by atoms with E-state index in [1.54, 1.807) is 12.1 Å². The van der Waals surface area contributed by atoms with E-state index in [-0.39, 0.29) is 30.2 Å². The monoisotopic (exact) mass is 403 g/mol. The molecule has 0 spiro atoms. The number of rotatable bonds is 5. The first-order valence-corrected chi connectivity index (χ1v) is 9.29. The molecule has 0 aliphatic carbocycles. The number of nitrogens with one attached hydrogen (secondary N) is 1. The standard InChI is InChI=1S/C21H23F2N3O3/c1-14-12-26(17-6-3-15(4-7-17)21(28)29-2)10-9-25(14)13-20(27)24-16-5-8-18(22)19(23)11-16/h3-8,11,14H,9-10,12-13H2,1-2H3,(H,24,27). The third-order valence-electron chi connectivity index (χ3n) is 4.97. The van der Waals surface area contributed by atoms with Crippen molar-refractivity contribution in [2.24, 2.45) is 0 Å². The predicted molar refractivity (Wildman–Crippen MR) is 106 cm³/mol. The number of carbonyl (C=O) groups excluding carboxylic acids is 2. The number of nitrogens with zero attached hydrogens (tertiary/aromatic N) is 2. The van der Waals surface area contributed by atoms with Crippen LogP contribution in [0.15, 0.2) is 42.5 Å². The van der Waals surface area contributed by atoms with Crippen LogP contribution in [0.25, 0.3) is 0 Å². The largest absolute Gasteiger partial charge is 0.465 e. The molecule has 1 saturated heterocycles. The van der Waals surface area contributed by atoms with E-state index >= 15 is 0 Å². The van der Waals surface area contributed by atoms with Crippen molar-refractivity contribution in [3.8, 4) is 0 Å². The second-order valence-electron chi connectivity index (χ2n) is 6.98. The first-order chi connectivity index (χ1) is 13.9. The second kappa shape index (κ2) is 9.00. The molecule has 2 aromatic carbocycles. The summed E-state index contributed by atoms with van der Waals surface area (Å²) in [5, 5.41) is 2.60. The van der Waals surface area contributed by atoms with E-state index < -0.39 is 11.6 Å². The summed E-state index contributed by atoms with van der Waals surface area (Å²) < 4.78 is 31.0. The molecule has 1 amide bonds. The molecule has 154 valence electrons. The van der Waals surface area contributed by atoms with Crippen molar-refractivity contribution < 1.29 is 23.1 Å². The topological polar surface area (TPSA) is 61.9 Å². The van der Waals surface area contributed by atoms with Crippen LogP contribution in [0.2, 0.25) is 0 Å². The molecular weight excluding hydrogens is 380 g/mol. The second-order valence-corrected chi connectivity index (χ2v) is 6.98. The average molecular weight is 403 g/mol. The zero-order chi connectivity index (χ0) is 21.0. The van der Waals surface area contributed by atoms with Gasteiger partial charge in [-0.05, 0) is 43.3 Å². The molecule has 1 aliphatic heterocycles. The highest BCUT2D eigenvalue weighted by atomic mass is 19.2. The minimum atomic E-state index is -0.997. The third-order valence-corrected chi connectivity index (χ3v) is 4.97. The maximum absolute atomic E-state index is 13.3. The number of methoxy groups -OCH3 is 1. The molecule has 0 aromatic heterocycles. The van der Waals surface area contributed by atoms with Crippen LogP contribution in [0.3, 0.4) is 0 Å². The number of piperazine rings is 1. The lowest BCUT2D eigenvalue weighted by atomic mass is 10.1. The Morgan fingerprint density at radius 1 is 1.10 bits per heavy atom. The molecule has 1 N–H and O–H groups in total. The first-order valence-electron chi connectivity index (χ1n) is 9.29. The molecule has 0 saturated carbocycles. The Morgan fingerprint density at radius 2 is 1.83 bits per heavy atom. The molecule has 3 rings (SSSR count). The van der Waals surface area contributed by atoms with Gasteiger partial charge in [-0.3, -0.25) is 9.69 Å². The highest BCUT2D eigenvalue weighted by molar-refractivity contribution is 5.92. The van der Waals surface area contributed by atoms with E-state index in [1.165, 1.54) is 13.2 Å². The van der Waals surface area contributed by atoms with Crippen LogP contribution >= 0.6 is 0 Å². The fraction of sp³-hybridized carbons (Fsp3) is 0.333. The summed E-state index contributed by atoms with van der Waals surface area (Å²) in [6, 6.07) is 10.6. The number of amides is 1. The summed E-state index contributed by atoms with van der Waals surface area (Å²) in [5.74, 6) is -2.60. The lowest BCUT2D eigenvalue weighted by molar-refractivity contribution is -0.117. The molecule has 2 aromatic rings. The SMILES string of the molecule is COC(=O)c1ccc(N2CCN(CC(=O)Nc3ccc(F)c(F)c3)C(C)C2)cc1. The Bertz CT molecular complexity index is 889. The molecular formula is C21H23F2N3O3. The highest BCUT2D eigenvalue weighted by Crippen LogP contribution is 2.20. The van der Waals surface area contributed by atoms with Crippen LogP contribution in [0.4, 0.5) is 20.2 Å². The van der Waals surface area contributed by atoms with E-state index in [0.29, 0.717) is 12.1 Å². The molecule has 0 bridgehead atoms. The van der Waals surface area contributed by atoms with Gasteiger partial charge in [-0.1, -0.05) is 0 Å². The summed E-state index contributed by atoms with van der Waals surface area (Å²) >= 11 is 0. The lowest BCUT2D eigenvalue weighted by Gasteiger charge is -2.40. The summed E-state index contributed by atoms with van der Waals surface area (Å²) in [7, 11) is 1.35. The lowest BCUT2D eigenvalue weighted by Crippen LogP contribution is -2.53. The Morgan fingerprint density at radius 3 is 2.45 bits per heavy atom. The molecule has 1 heterocycles. The number of halogens is 2. The number of carbonyl (C=O) groups is 2. The fourth-order valence-corrected chi connectivity index (χ4v) is 3.35. The van der Waals surface area contributed by atoms with Gasteiger partial charge in [-0.2, -0.15) is 0 Å². The van der Waals surface area contributed by atoms with Crippen LogP contribution in [0.1, 0.15) is 17.3 Å². The van der Waals surface area contributed by atoms with Crippen LogP contribution in [-0.4, -0.2) is 56.1 Å². The summed E-state index contributed by atoms with van der Waals surface area (Å²) in [6.07, 6.45) is 0. The molecule has 6 nitrogen and oxygen atoms in total. The maximum atomic E-state index is 13.3. The van der Waals surface area contributed by atoms with Gasteiger partial charge in [0.25, 0.3) is 0 Å². The molecule has 0 radical (unpaired) electrons. The van der Waals surface area contributed by atoms with Gasteiger partial charge in [-0.25, -0.2) is 13.6 Å². The van der Waals surface area contributed by atoms with E-state index in [9.17, 15) is 18.4 Å². The van der Waals surface area contributed by atoms with Gasteiger partial charge in [0.2, 0.25) is 5.91 Å². The summed E-state index contributed by atoms with van der Waals surface area (Å²) in [5.41, 5.74) is 1.72. The van der Waals surface area contributed by atoms with E-state index in [0.717, 1.165) is 30.9 Å². The number of hydrogen-bond donors (Lipinski definition) is 1. The normalized spacial score (nSPS) is 17.1.